The molecule has 0 fully saturated rings. The number of aromatic nitrogens is 3. The Labute approximate surface area is 90.1 Å². The fraction of sp³-hybridized carbons (Fsp3) is 0.111. The quantitative estimate of drug-likeness (QED) is 0.613. The number of aromatic hydroxyl groups is 1. The molecule has 7 heteroatoms. The first-order valence-electron chi connectivity index (χ1n) is 4.47. The lowest BCUT2D eigenvalue weighted by Gasteiger charge is -2.02. The highest BCUT2D eigenvalue weighted by Gasteiger charge is 2.13. The average molecular weight is 220 g/mol. The van der Waals surface area contributed by atoms with Crippen LogP contribution >= 0.6 is 0 Å². The molecule has 0 aliphatic carbocycles. The number of nitro benzene ring substituents is 1. The first-order valence-corrected chi connectivity index (χ1v) is 4.47. The van der Waals surface area contributed by atoms with Crippen molar-refractivity contribution in [3.63, 3.8) is 0 Å². The van der Waals surface area contributed by atoms with Gasteiger partial charge >= 0.3 is 5.69 Å². The maximum atomic E-state index is 10.6. The van der Waals surface area contributed by atoms with Crippen molar-refractivity contribution in [1.82, 2.24) is 15.0 Å². The van der Waals surface area contributed by atoms with Crippen molar-refractivity contribution in [2.75, 3.05) is 0 Å². The first-order chi connectivity index (χ1) is 7.66. The smallest absolute Gasteiger partial charge is 0.311 e. The number of nitrogens with zero attached hydrogens (tertiary/aromatic N) is 4. The minimum Gasteiger partial charge on any atom is -0.502 e. The van der Waals surface area contributed by atoms with Gasteiger partial charge in [0.25, 0.3) is 0 Å². The molecule has 1 aromatic carbocycles. The van der Waals surface area contributed by atoms with Gasteiger partial charge in [0, 0.05) is 12.3 Å². The predicted molar refractivity (Wildman–Crippen MR) is 53.9 cm³/mol. The lowest BCUT2D eigenvalue weighted by molar-refractivity contribution is -0.385. The van der Waals surface area contributed by atoms with Gasteiger partial charge in [-0.25, -0.2) is 4.68 Å². The van der Waals surface area contributed by atoms with Crippen LogP contribution in [0.5, 0.6) is 5.75 Å². The van der Waals surface area contributed by atoms with Crippen LogP contribution in [-0.4, -0.2) is 25.0 Å². The van der Waals surface area contributed by atoms with Crippen molar-refractivity contribution in [2.24, 2.45) is 0 Å². The Kier molecular flexibility index (Phi) is 2.50. The Balaban J connectivity index is 2.29. The van der Waals surface area contributed by atoms with E-state index in [1.54, 1.807) is 12.3 Å². The molecule has 0 aliphatic rings. The lowest BCUT2D eigenvalue weighted by atomic mass is 10.2. The van der Waals surface area contributed by atoms with Crippen LogP contribution in [0.4, 0.5) is 5.69 Å². The van der Waals surface area contributed by atoms with E-state index in [1.165, 1.54) is 23.0 Å². The molecule has 82 valence electrons. The lowest BCUT2D eigenvalue weighted by Crippen LogP contribution is -2.01. The van der Waals surface area contributed by atoms with Gasteiger partial charge in [0.1, 0.15) is 0 Å². The molecule has 0 unspecified atom stereocenters. The molecule has 1 N–H and O–H groups in total. The van der Waals surface area contributed by atoms with Gasteiger partial charge in [-0.2, -0.15) is 0 Å². The van der Waals surface area contributed by atoms with Crippen molar-refractivity contribution in [3.8, 4) is 5.75 Å². The summed E-state index contributed by atoms with van der Waals surface area (Å²) in [4.78, 5) is 9.96. The number of nitro groups is 1. The number of benzene rings is 1. The third-order valence-corrected chi connectivity index (χ3v) is 2.05. The second-order valence-electron chi connectivity index (χ2n) is 3.18. The number of hydrogen-bond donors (Lipinski definition) is 1. The zero-order valence-electron chi connectivity index (χ0n) is 8.15. The summed E-state index contributed by atoms with van der Waals surface area (Å²) in [5, 5.41) is 27.2. The van der Waals surface area contributed by atoms with Crippen molar-refractivity contribution in [2.45, 2.75) is 6.54 Å². The van der Waals surface area contributed by atoms with Crippen LogP contribution in [0.1, 0.15) is 5.56 Å². The standard InChI is InChI=1S/C9H8N4O3/c14-9-2-1-7(5-8(9)13(15)16)6-12-4-3-10-11-12/h1-5,14H,6H2. The molecule has 0 aliphatic heterocycles. The predicted octanol–water partition coefficient (Wildman–Crippen LogP) is 0.940. The Morgan fingerprint density at radius 2 is 2.31 bits per heavy atom. The highest BCUT2D eigenvalue weighted by Crippen LogP contribution is 2.26. The summed E-state index contributed by atoms with van der Waals surface area (Å²) in [5.41, 5.74) is 0.368. The van der Waals surface area contributed by atoms with E-state index in [9.17, 15) is 15.2 Å². The van der Waals surface area contributed by atoms with Crippen LogP contribution < -0.4 is 0 Å². The minimum atomic E-state index is -0.625. The van der Waals surface area contributed by atoms with E-state index in [0.29, 0.717) is 12.1 Å². The molecule has 0 bridgehead atoms. The molecule has 0 atom stereocenters. The van der Waals surface area contributed by atoms with Gasteiger partial charge in [0.05, 0.1) is 17.7 Å². The largest absolute Gasteiger partial charge is 0.502 e. The summed E-state index contributed by atoms with van der Waals surface area (Å²) in [6, 6.07) is 4.21. The van der Waals surface area contributed by atoms with E-state index in [0.717, 1.165) is 0 Å². The van der Waals surface area contributed by atoms with Gasteiger partial charge in [0.2, 0.25) is 0 Å². The second-order valence-corrected chi connectivity index (χ2v) is 3.18. The summed E-state index contributed by atoms with van der Waals surface area (Å²) < 4.78 is 1.54. The molecule has 0 radical (unpaired) electrons. The zero-order valence-corrected chi connectivity index (χ0v) is 8.15. The van der Waals surface area contributed by atoms with Crippen LogP contribution in [0.15, 0.2) is 30.6 Å². The Bertz CT molecular complexity index is 509. The van der Waals surface area contributed by atoms with E-state index in [4.69, 9.17) is 0 Å². The third-order valence-electron chi connectivity index (χ3n) is 2.05. The van der Waals surface area contributed by atoms with E-state index in [2.05, 4.69) is 10.3 Å². The van der Waals surface area contributed by atoms with Crippen molar-refractivity contribution in [3.05, 3.63) is 46.3 Å². The summed E-state index contributed by atoms with van der Waals surface area (Å²) >= 11 is 0. The van der Waals surface area contributed by atoms with Crippen LogP contribution in [0.2, 0.25) is 0 Å². The van der Waals surface area contributed by atoms with Crippen LogP contribution in [0.25, 0.3) is 0 Å². The molecular weight excluding hydrogens is 212 g/mol. The molecule has 1 heterocycles. The van der Waals surface area contributed by atoms with Crippen molar-refractivity contribution in [1.29, 1.82) is 0 Å². The topological polar surface area (TPSA) is 94.1 Å². The summed E-state index contributed by atoms with van der Waals surface area (Å²) in [6.45, 7) is 0.376. The van der Waals surface area contributed by atoms with Crippen LogP contribution in [0.3, 0.4) is 0 Å². The van der Waals surface area contributed by atoms with Crippen LogP contribution in [0, 0.1) is 10.1 Å². The van der Waals surface area contributed by atoms with Gasteiger partial charge in [-0.15, -0.1) is 5.10 Å². The molecule has 0 amide bonds. The van der Waals surface area contributed by atoms with Gasteiger partial charge in [-0.3, -0.25) is 10.1 Å². The zero-order chi connectivity index (χ0) is 11.5. The molecule has 16 heavy (non-hydrogen) atoms. The Morgan fingerprint density at radius 1 is 1.50 bits per heavy atom. The Morgan fingerprint density at radius 3 is 2.94 bits per heavy atom. The highest BCUT2D eigenvalue weighted by molar-refractivity contribution is 5.47. The van der Waals surface area contributed by atoms with Gasteiger partial charge < -0.3 is 5.11 Å². The fourth-order valence-corrected chi connectivity index (χ4v) is 1.32. The number of rotatable bonds is 3. The summed E-state index contributed by atoms with van der Waals surface area (Å²) in [7, 11) is 0. The van der Waals surface area contributed by atoms with Gasteiger partial charge in [-0.1, -0.05) is 11.3 Å². The maximum Gasteiger partial charge on any atom is 0.311 e. The van der Waals surface area contributed by atoms with Crippen LogP contribution in [-0.2, 0) is 6.54 Å². The minimum absolute atomic E-state index is 0.308. The molecule has 2 aromatic rings. The third kappa shape index (κ3) is 1.97. The molecule has 7 nitrogen and oxygen atoms in total. The molecule has 2 rings (SSSR count). The van der Waals surface area contributed by atoms with Gasteiger partial charge in [0.15, 0.2) is 5.75 Å². The monoisotopic (exact) mass is 220 g/mol. The molecule has 0 saturated carbocycles. The molecule has 0 saturated heterocycles. The number of hydrogen-bond acceptors (Lipinski definition) is 5. The second kappa shape index (κ2) is 3.97. The van der Waals surface area contributed by atoms with E-state index in [1.807, 2.05) is 0 Å². The number of phenolic OH excluding ortho intramolecular Hbond substituents is 1. The highest BCUT2D eigenvalue weighted by atomic mass is 16.6. The van der Waals surface area contributed by atoms with E-state index in [-0.39, 0.29) is 11.4 Å². The summed E-state index contributed by atoms with van der Waals surface area (Å²) in [5.74, 6) is -0.340. The van der Waals surface area contributed by atoms with E-state index >= 15 is 0 Å². The van der Waals surface area contributed by atoms with Crippen molar-refractivity contribution < 1.29 is 10.0 Å². The maximum absolute atomic E-state index is 10.6. The summed E-state index contributed by atoms with van der Waals surface area (Å²) in [6.07, 6.45) is 3.17. The normalized spacial score (nSPS) is 10.2. The molecular formula is C9H8N4O3. The molecule has 0 spiro atoms. The molecule has 1 aromatic heterocycles. The number of phenols is 1. The first kappa shape index (κ1) is 10.1. The van der Waals surface area contributed by atoms with Crippen molar-refractivity contribution >= 4 is 5.69 Å². The average Bonchev–Trinajstić information content (AvgIpc) is 2.73. The van der Waals surface area contributed by atoms with E-state index < -0.39 is 4.92 Å². The fourth-order valence-electron chi connectivity index (χ4n) is 1.32. The Hall–Kier alpha value is -2.44. The SMILES string of the molecule is O=[N+]([O-])c1cc(Cn2ccnn2)ccc1O. The van der Waals surface area contributed by atoms with Gasteiger partial charge in [-0.05, 0) is 11.6 Å².